The van der Waals surface area contributed by atoms with Crippen molar-refractivity contribution in [3.8, 4) is 0 Å². The molecular formula is C17H22BrN3OS. The summed E-state index contributed by atoms with van der Waals surface area (Å²) in [5.41, 5.74) is 1.99. The van der Waals surface area contributed by atoms with Crippen molar-refractivity contribution in [3.63, 3.8) is 0 Å². The Morgan fingerprint density at radius 1 is 1.35 bits per heavy atom. The van der Waals surface area contributed by atoms with Crippen LogP contribution in [0.25, 0.3) is 0 Å². The van der Waals surface area contributed by atoms with Crippen LogP contribution in [0.4, 0.5) is 4.79 Å². The highest BCUT2D eigenvalue weighted by atomic mass is 79.9. The summed E-state index contributed by atoms with van der Waals surface area (Å²) in [6.45, 7) is 7.32. The number of rotatable bonds is 5. The molecule has 1 N–H and O–H groups in total. The fraction of sp³-hybridized carbons (Fsp3) is 0.412. The molecule has 0 aliphatic heterocycles. The van der Waals surface area contributed by atoms with Crippen LogP contribution in [0.2, 0.25) is 0 Å². The molecule has 2 rings (SSSR count). The zero-order chi connectivity index (χ0) is 17.0. The molecular weight excluding hydrogens is 374 g/mol. The summed E-state index contributed by atoms with van der Waals surface area (Å²) in [4.78, 5) is 18.3. The van der Waals surface area contributed by atoms with E-state index in [1.165, 1.54) is 5.56 Å². The Hall–Kier alpha value is -1.40. The smallest absolute Gasteiger partial charge is 0.317 e. The number of urea groups is 1. The van der Waals surface area contributed by atoms with Crippen LogP contribution in [-0.2, 0) is 12.0 Å². The molecule has 0 saturated carbocycles. The first-order valence-corrected chi connectivity index (χ1v) is 9.11. The third kappa shape index (κ3) is 5.04. The molecule has 0 aliphatic carbocycles. The molecule has 0 fully saturated rings. The van der Waals surface area contributed by atoms with Crippen LogP contribution >= 0.6 is 27.3 Å². The van der Waals surface area contributed by atoms with Crippen molar-refractivity contribution in [2.75, 3.05) is 13.6 Å². The van der Waals surface area contributed by atoms with Gasteiger partial charge in [-0.25, -0.2) is 9.78 Å². The number of amides is 2. The van der Waals surface area contributed by atoms with Gasteiger partial charge in [0.15, 0.2) is 0 Å². The van der Waals surface area contributed by atoms with Crippen molar-refractivity contribution < 1.29 is 4.79 Å². The quantitative estimate of drug-likeness (QED) is 0.818. The number of hydrogen-bond donors (Lipinski definition) is 1. The van der Waals surface area contributed by atoms with Crippen molar-refractivity contribution in [3.05, 3.63) is 50.4 Å². The molecule has 1 aromatic carbocycles. The third-order valence-electron chi connectivity index (χ3n) is 3.72. The summed E-state index contributed by atoms with van der Waals surface area (Å²) in [5, 5.41) is 6.02. The van der Waals surface area contributed by atoms with Gasteiger partial charge in [0.25, 0.3) is 0 Å². The second-order valence-electron chi connectivity index (χ2n) is 6.26. The number of nitrogens with one attached hydrogen (secondary N) is 1. The van der Waals surface area contributed by atoms with Crippen LogP contribution in [0.1, 0.15) is 30.1 Å². The molecule has 1 aromatic heterocycles. The number of nitrogens with zero attached hydrogens (tertiary/aromatic N) is 2. The number of carbonyl (C=O) groups is 1. The van der Waals surface area contributed by atoms with E-state index >= 15 is 0 Å². The van der Waals surface area contributed by atoms with Gasteiger partial charge in [0, 0.05) is 28.9 Å². The van der Waals surface area contributed by atoms with Gasteiger partial charge in [-0.05, 0) is 24.6 Å². The summed E-state index contributed by atoms with van der Waals surface area (Å²) in [6.07, 6.45) is 0. The Morgan fingerprint density at radius 2 is 2.00 bits per heavy atom. The van der Waals surface area contributed by atoms with E-state index in [1.807, 2.05) is 24.4 Å². The molecule has 0 aliphatic rings. The highest BCUT2D eigenvalue weighted by Crippen LogP contribution is 2.24. The Bertz CT molecular complexity index is 667. The van der Waals surface area contributed by atoms with Gasteiger partial charge in [0.05, 0.1) is 17.2 Å². The lowest BCUT2D eigenvalue weighted by Gasteiger charge is -2.27. The van der Waals surface area contributed by atoms with Gasteiger partial charge in [-0.3, -0.25) is 0 Å². The Kier molecular flexibility index (Phi) is 5.81. The normalized spacial score (nSPS) is 11.3. The largest absolute Gasteiger partial charge is 0.337 e. The van der Waals surface area contributed by atoms with Crippen LogP contribution in [0.15, 0.2) is 34.1 Å². The lowest BCUT2D eigenvalue weighted by atomic mass is 9.85. The lowest BCUT2D eigenvalue weighted by molar-refractivity contribution is 0.204. The number of benzene rings is 1. The summed E-state index contributed by atoms with van der Waals surface area (Å²) >= 11 is 5.05. The molecule has 124 valence electrons. The maximum Gasteiger partial charge on any atom is 0.317 e. The zero-order valence-corrected chi connectivity index (χ0v) is 16.3. The van der Waals surface area contributed by atoms with Crippen LogP contribution < -0.4 is 5.32 Å². The first-order valence-electron chi connectivity index (χ1n) is 7.44. The maximum atomic E-state index is 12.3. The van der Waals surface area contributed by atoms with Crippen molar-refractivity contribution in [1.29, 1.82) is 0 Å². The van der Waals surface area contributed by atoms with Gasteiger partial charge in [0.2, 0.25) is 0 Å². The molecule has 2 aromatic rings. The molecule has 2 amide bonds. The minimum Gasteiger partial charge on any atom is -0.337 e. The lowest BCUT2D eigenvalue weighted by Crippen LogP contribution is -2.42. The van der Waals surface area contributed by atoms with Gasteiger partial charge >= 0.3 is 6.03 Å². The monoisotopic (exact) mass is 395 g/mol. The highest BCUT2D eigenvalue weighted by Gasteiger charge is 2.22. The van der Waals surface area contributed by atoms with Crippen molar-refractivity contribution >= 4 is 33.3 Å². The third-order valence-corrected chi connectivity index (χ3v) is 5.07. The van der Waals surface area contributed by atoms with Gasteiger partial charge in [-0.1, -0.05) is 41.9 Å². The number of hydrogen-bond acceptors (Lipinski definition) is 3. The average molecular weight is 396 g/mol. The molecule has 1 heterocycles. The number of carbonyl (C=O) groups excluding carboxylic acids is 1. The summed E-state index contributed by atoms with van der Waals surface area (Å²) in [6, 6.07) is 8.13. The fourth-order valence-electron chi connectivity index (χ4n) is 2.23. The molecule has 0 saturated heterocycles. The first-order chi connectivity index (χ1) is 10.8. The van der Waals surface area contributed by atoms with E-state index in [0.29, 0.717) is 13.1 Å². The van der Waals surface area contributed by atoms with Crippen molar-refractivity contribution in [2.45, 2.75) is 32.7 Å². The van der Waals surface area contributed by atoms with E-state index in [2.05, 4.69) is 52.2 Å². The summed E-state index contributed by atoms with van der Waals surface area (Å²) in [5.74, 6) is 0. The first kappa shape index (κ1) is 17.9. The molecule has 0 spiro atoms. The zero-order valence-electron chi connectivity index (χ0n) is 13.9. The molecule has 0 radical (unpaired) electrons. The van der Waals surface area contributed by atoms with Gasteiger partial charge in [-0.15, -0.1) is 11.3 Å². The fourth-order valence-corrected chi connectivity index (χ4v) is 3.10. The molecule has 6 heteroatoms. The van der Waals surface area contributed by atoms with Gasteiger partial charge < -0.3 is 10.2 Å². The SMILES string of the molecule is Cc1nc(CN(C)C(=O)NCC(C)(C)c2ccc(Br)cc2)cs1. The van der Waals surface area contributed by atoms with Gasteiger partial charge in [-0.2, -0.15) is 0 Å². The number of aryl methyl sites for hydroxylation is 1. The standard InChI is InChI=1S/C17H22BrN3OS/c1-12-20-15(10-23-12)9-21(4)16(22)19-11-17(2,3)13-5-7-14(18)8-6-13/h5-8,10H,9,11H2,1-4H3,(H,19,22). The van der Waals surface area contributed by atoms with E-state index in [4.69, 9.17) is 0 Å². The van der Waals surface area contributed by atoms with Crippen molar-refractivity contribution in [1.82, 2.24) is 15.2 Å². The predicted molar refractivity (Wildman–Crippen MR) is 98.9 cm³/mol. The molecule has 0 atom stereocenters. The van der Waals surface area contributed by atoms with E-state index in [1.54, 1.807) is 23.3 Å². The average Bonchev–Trinajstić information content (AvgIpc) is 2.90. The van der Waals surface area contributed by atoms with Gasteiger partial charge in [0.1, 0.15) is 0 Å². The second kappa shape index (κ2) is 7.45. The van der Waals surface area contributed by atoms with E-state index < -0.39 is 0 Å². The van der Waals surface area contributed by atoms with Crippen LogP contribution in [-0.4, -0.2) is 29.5 Å². The van der Waals surface area contributed by atoms with Crippen molar-refractivity contribution in [2.24, 2.45) is 0 Å². The van der Waals surface area contributed by atoms with Crippen LogP contribution in [0, 0.1) is 6.92 Å². The molecule has 0 bridgehead atoms. The minimum atomic E-state index is -0.131. The van der Waals surface area contributed by atoms with Crippen LogP contribution in [0.3, 0.4) is 0 Å². The van der Waals surface area contributed by atoms with Crippen LogP contribution in [0.5, 0.6) is 0 Å². The minimum absolute atomic E-state index is 0.0826. The second-order valence-corrected chi connectivity index (χ2v) is 8.24. The topological polar surface area (TPSA) is 45.2 Å². The maximum absolute atomic E-state index is 12.3. The van der Waals surface area contributed by atoms with E-state index in [-0.39, 0.29) is 11.4 Å². The molecule has 23 heavy (non-hydrogen) atoms. The molecule has 0 unspecified atom stereocenters. The molecule has 4 nitrogen and oxygen atoms in total. The Morgan fingerprint density at radius 3 is 2.57 bits per heavy atom. The Labute approximate surface area is 150 Å². The predicted octanol–water partition coefficient (Wildman–Crippen LogP) is 4.33. The summed E-state index contributed by atoms with van der Waals surface area (Å²) in [7, 11) is 1.79. The highest BCUT2D eigenvalue weighted by molar-refractivity contribution is 9.10. The number of aromatic nitrogens is 1. The van der Waals surface area contributed by atoms with E-state index in [0.717, 1.165) is 15.2 Å². The Balaban J connectivity index is 1.90. The summed E-state index contributed by atoms with van der Waals surface area (Å²) < 4.78 is 1.05. The number of halogens is 1. The number of thiazole rings is 1. The van der Waals surface area contributed by atoms with E-state index in [9.17, 15) is 4.79 Å².